The summed E-state index contributed by atoms with van der Waals surface area (Å²) < 4.78 is 15.5. The van der Waals surface area contributed by atoms with Gasteiger partial charge in [-0.3, -0.25) is 14.3 Å². The smallest absolute Gasteiger partial charge is 0.196 e. The van der Waals surface area contributed by atoms with Crippen molar-refractivity contribution in [1.29, 1.82) is 0 Å². The molecule has 0 aliphatic carbocycles. The summed E-state index contributed by atoms with van der Waals surface area (Å²) >= 11 is 1.39. The summed E-state index contributed by atoms with van der Waals surface area (Å²) in [5.74, 6) is 0.578. The van der Waals surface area contributed by atoms with E-state index in [9.17, 15) is 9.18 Å². The van der Waals surface area contributed by atoms with Crippen LogP contribution in [0.5, 0.6) is 0 Å². The van der Waals surface area contributed by atoms with Gasteiger partial charge in [-0.05, 0) is 64.0 Å². The van der Waals surface area contributed by atoms with Gasteiger partial charge in [-0.2, -0.15) is 0 Å². The molecule has 1 atom stereocenters. The summed E-state index contributed by atoms with van der Waals surface area (Å²) in [6.07, 6.45) is 3.64. The first-order valence-corrected chi connectivity index (χ1v) is 11.6. The molecule has 1 unspecified atom stereocenters. The Labute approximate surface area is 186 Å². The maximum atomic E-state index is 13.5. The molecule has 162 valence electrons. The molecule has 2 aromatic carbocycles. The Morgan fingerprint density at radius 2 is 1.71 bits per heavy atom. The lowest BCUT2D eigenvalue weighted by Gasteiger charge is -2.26. The zero-order valence-electron chi connectivity index (χ0n) is 17.9. The van der Waals surface area contributed by atoms with Crippen molar-refractivity contribution in [1.82, 2.24) is 19.7 Å². The third kappa shape index (κ3) is 5.22. The summed E-state index contributed by atoms with van der Waals surface area (Å²) in [5.41, 5.74) is 2.61. The topological polar surface area (TPSA) is 51.0 Å². The van der Waals surface area contributed by atoms with Gasteiger partial charge in [0.1, 0.15) is 5.82 Å². The lowest BCUT2D eigenvalue weighted by Crippen LogP contribution is -2.30. The van der Waals surface area contributed by atoms with Crippen molar-refractivity contribution in [3.8, 4) is 5.69 Å². The molecule has 0 amide bonds. The molecule has 1 aliphatic rings. The fourth-order valence-corrected chi connectivity index (χ4v) is 4.77. The average molecular weight is 439 g/mol. The average Bonchev–Trinajstić information content (AvgIpc) is 3.17. The van der Waals surface area contributed by atoms with E-state index in [1.807, 2.05) is 42.7 Å². The Balaban J connectivity index is 1.60. The van der Waals surface area contributed by atoms with Crippen molar-refractivity contribution in [3.05, 3.63) is 71.3 Å². The molecule has 3 aromatic rings. The molecule has 0 bridgehead atoms. The summed E-state index contributed by atoms with van der Waals surface area (Å²) in [5, 5.41) is 9.19. The van der Waals surface area contributed by atoms with Gasteiger partial charge in [0, 0.05) is 11.3 Å². The molecule has 5 nitrogen and oxygen atoms in total. The molecule has 1 saturated heterocycles. The highest BCUT2D eigenvalue weighted by Gasteiger charge is 2.23. The molecule has 0 spiro atoms. The predicted octanol–water partition coefficient (Wildman–Crippen LogP) is 5.06. The van der Waals surface area contributed by atoms with Crippen molar-refractivity contribution >= 4 is 17.5 Å². The third-order valence-corrected chi connectivity index (χ3v) is 6.63. The van der Waals surface area contributed by atoms with Crippen LogP contribution in [0, 0.1) is 12.7 Å². The van der Waals surface area contributed by atoms with Crippen molar-refractivity contribution < 1.29 is 9.18 Å². The number of piperidine rings is 1. The number of nitrogens with zero attached hydrogens (tertiary/aromatic N) is 4. The first kappa shape index (κ1) is 21.7. The summed E-state index contributed by atoms with van der Waals surface area (Å²) in [7, 11) is 0. The van der Waals surface area contributed by atoms with Crippen molar-refractivity contribution in [2.75, 3.05) is 13.1 Å². The normalized spacial score (nSPS) is 15.7. The van der Waals surface area contributed by atoms with Crippen LogP contribution >= 0.6 is 11.8 Å². The van der Waals surface area contributed by atoms with Crippen LogP contribution in [0.1, 0.15) is 47.9 Å². The first-order valence-electron chi connectivity index (χ1n) is 10.7. The standard InChI is InChI=1S/C24H27FN4OS/c1-17-6-8-19(9-7-17)23(30)18(2)31-24-27-26-22(16-28-14-4-3-5-15-28)29(24)21-12-10-20(25)11-13-21/h6-13,18H,3-5,14-16H2,1-2H3. The molecule has 2 heterocycles. The highest BCUT2D eigenvalue weighted by atomic mass is 32.2. The minimum atomic E-state index is -0.325. The van der Waals surface area contributed by atoms with Crippen LogP contribution in [0.3, 0.4) is 0 Å². The molecular formula is C24H27FN4OS. The van der Waals surface area contributed by atoms with Crippen LogP contribution in [0.2, 0.25) is 0 Å². The zero-order valence-corrected chi connectivity index (χ0v) is 18.7. The van der Waals surface area contributed by atoms with Crippen molar-refractivity contribution in [2.24, 2.45) is 0 Å². The van der Waals surface area contributed by atoms with E-state index in [1.165, 1.54) is 43.2 Å². The van der Waals surface area contributed by atoms with E-state index in [0.29, 0.717) is 17.3 Å². The van der Waals surface area contributed by atoms with Gasteiger partial charge in [-0.25, -0.2) is 4.39 Å². The number of hydrogen-bond acceptors (Lipinski definition) is 5. The molecule has 4 rings (SSSR count). The maximum absolute atomic E-state index is 13.5. The van der Waals surface area contributed by atoms with Crippen molar-refractivity contribution in [3.63, 3.8) is 0 Å². The van der Waals surface area contributed by atoms with Crippen LogP contribution in [-0.2, 0) is 6.54 Å². The maximum Gasteiger partial charge on any atom is 0.196 e. The molecule has 7 heteroatoms. The van der Waals surface area contributed by atoms with E-state index in [4.69, 9.17) is 0 Å². The van der Waals surface area contributed by atoms with E-state index in [0.717, 1.165) is 30.2 Å². The van der Waals surface area contributed by atoms with Gasteiger partial charge >= 0.3 is 0 Å². The van der Waals surface area contributed by atoms with E-state index >= 15 is 0 Å². The van der Waals surface area contributed by atoms with Crippen LogP contribution < -0.4 is 0 Å². The molecule has 1 aromatic heterocycles. The fourth-order valence-electron chi connectivity index (χ4n) is 3.81. The largest absolute Gasteiger partial charge is 0.296 e. The van der Waals surface area contributed by atoms with E-state index in [1.54, 1.807) is 12.1 Å². The fraction of sp³-hybridized carbons (Fsp3) is 0.375. The van der Waals surface area contributed by atoms with Gasteiger partial charge in [-0.1, -0.05) is 48.0 Å². The summed E-state index contributed by atoms with van der Waals surface area (Å²) in [4.78, 5) is 15.3. The Morgan fingerprint density at radius 3 is 2.39 bits per heavy atom. The molecule has 0 N–H and O–H groups in total. The number of benzene rings is 2. The second-order valence-corrected chi connectivity index (χ2v) is 9.35. The van der Waals surface area contributed by atoms with Gasteiger partial charge in [0.05, 0.1) is 11.8 Å². The Bertz CT molecular complexity index is 1030. The highest BCUT2D eigenvalue weighted by Crippen LogP contribution is 2.28. The van der Waals surface area contributed by atoms with Gasteiger partial charge < -0.3 is 0 Å². The monoisotopic (exact) mass is 438 g/mol. The molecule has 1 aliphatic heterocycles. The quantitative estimate of drug-likeness (QED) is 0.381. The predicted molar refractivity (Wildman–Crippen MR) is 121 cm³/mol. The van der Waals surface area contributed by atoms with Crippen LogP contribution in [0.15, 0.2) is 53.7 Å². The molecule has 0 radical (unpaired) electrons. The third-order valence-electron chi connectivity index (χ3n) is 5.59. The summed E-state index contributed by atoms with van der Waals surface area (Å²) in [6, 6.07) is 14.0. The van der Waals surface area contributed by atoms with Gasteiger partial charge in [-0.15, -0.1) is 10.2 Å². The second kappa shape index (κ2) is 9.75. The molecule has 0 saturated carbocycles. The number of thioether (sulfide) groups is 1. The number of rotatable bonds is 7. The summed E-state index contributed by atoms with van der Waals surface area (Å²) in [6.45, 7) is 6.66. The van der Waals surface area contributed by atoms with Gasteiger partial charge in [0.15, 0.2) is 16.8 Å². The molecule has 31 heavy (non-hydrogen) atoms. The van der Waals surface area contributed by atoms with Gasteiger partial charge in [0.25, 0.3) is 0 Å². The second-order valence-electron chi connectivity index (χ2n) is 8.04. The van der Waals surface area contributed by atoms with Crippen LogP contribution in [0.4, 0.5) is 4.39 Å². The number of halogens is 1. The van der Waals surface area contributed by atoms with E-state index < -0.39 is 0 Å². The zero-order chi connectivity index (χ0) is 21.8. The van der Waals surface area contributed by atoms with E-state index in [-0.39, 0.29) is 16.9 Å². The van der Waals surface area contributed by atoms with Crippen molar-refractivity contribution in [2.45, 2.75) is 50.1 Å². The minimum absolute atomic E-state index is 0.0521. The molecule has 1 fully saturated rings. The lowest BCUT2D eigenvalue weighted by atomic mass is 10.1. The number of likely N-dealkylation sites (tertiary alicyclic amines) is 1. The Kier molecular flexibility index (Phi) is 6.83. The number of Topliss-reactive ketones (excluding diaryl/α,β-unsaturated/α-hetero) is 1. The van der Waals surface area contributed by atoms with Gasteiger partial charge in [0.2, 0.25) is 0 Å². The highest BCUT2D eigenvalue weighted by molar-refractivity contribution is 8.00. The van der Waals surface area contributed by atoms with E-state index in [2.05, 4.69) is 15.1 Å². The number of carbonyl (C=O) groups is 1. The Hall–Kier alpha value is -2.51. The number of aromatic nitrogens is 3. The van der Waals surface area contributed by atoms with Crippen LogP contribution in [-0.4, -0.2) is 43.8 Å². The molecular weight excluding hydrogens is 411 g/mol. The lowest BCUT2D eigenvalue weighted by molar-refractivity contribution is 0.0994. The number of ketones is 1. The van der Waals surface area contributed by atoms with Crippen LogP contribution in [0.25, 0.3) is 5.69 Å². The number of hydrogen-bond donors (Lipinski definition) is 0. The first-order chi connectivity index (χ1) is 15.0. The number of aryl methyl sites for hydroxylation is 1. The Morgan fingerprint density at radius 1 is 1.03 bits per heavy atom. The number of carbonyl (C=O) groups excluding carboxylic acids is 1. The minimum Gasteiger partial charge on any atom is -0.296 e. The SMILES string of the molecule is Cc1ccc(C(=O)C(C)Sc2nnc(CN3CCCCC3)n2-c2ccc(F)cc2)cc1.